The summed E-state index contributed by atoms with van der Waals surface area (Å²) in [7, 11) is 0. The highest BCUT2D eigenvalue weighted by Gasteiger charge is 2.39. The van der Waals surface area contributed by atoms with Gasteiger partial charge in [0.25, 0.3) is 0 Å². The van der Waals surface area contributed by atoms with Crippen molar-refractivity contribution in [2.45, 2.75) is 76.7 Å². The maximum absolute atomic E-state index is 12.5. The predicted molar refractivity (Wildman–Crippen MR) is 81.8 cm³/mol. The van der Waals surface area contributed by atoms with E-state index >= 15 is 0 Å². The zero-order valence-electron chi connectivity index (χ0n) is 13.7. The van der Waals surface area contributed by atoms with E-state index in [1.54, 1.807) is 4.90 Å². The molecule has 21 heavy (non-hydrogen) atoms. The molecular formula is C16H30N2O3. The van der Waals surface area contributed by atoms with E-state index in [0.717, 1.165) is 12.8 Å². The fraction of sp³-hybridized carbons (Fsp3) is 0.938. The summed E-state index contributed by atoms with van der Waals surface area (Å²) in [5, 5.41) is 22.9. The average molecular weight is 298 g/mol. The highest BCUT2D eigenvalue weighted by atomic mass is 16.3. The van der Waals surface area contributed by atoms with Crippen LogP contribution in [0, 0.1) is 5.92 Å². The first-order valence-corrected chi connectivity index (χ1v) is 8.01. The number of hydrogen-bond acceptors (Lipinski definition) is 4. The third kappa shape index (κ3) is 4.41. The second kappa shape index (κ2) is 5.86. The number of β-amino-alcohol motifs (C(OH)–C–C–N with tert-alkyl or cyclic N) is 1. The fourth-order valence-corrected chi connectivity index (χ4v) is 4.20. The van der Waals surface area contributed by atoms with Crippen molar-refractivity contribution in [3.05, 3.63) is 0 Å². The number of aliphatic hydroxyl groups is 2. The Kier molecular flexibility index (Phi) is 4.66. The molecule has 0 radical (unpaired) electrons. The molecule has 5 nitrogen and oxygen atoms in total. The Morgan fingerprint density at radius 2 is 1.71 bits per heavy atom. The van der Waals surface area contributed by atoms with Gasteiger partial charge >= 0.3 is 0 Å². The number of carbonyl (C=O) groups is 1. The van der Waals surface area contributed by atoms with Gasteiger partial charge in [-0.05, 0) is 52.9 Å². The lowest BCUT2D eigenvalue weighted by Gasteiger charge is -2.47. The summed E-state index contributed by atoms with van der Waals surface area (Å²) in [6.45, 7) is 9.56. The van der Waals surface area contributed by atoms with Crippen LogP contribution in [-0.2, 0) is 4.79 Å². The van der Waals surface area contributed by atoms with Crippen LogP contribution in [0.25, 0.3) is 0 Å². The maximum atomic E-state index is 12.5. The predicted octanol–water partition coefficient (Wildman–Crippen LogP) is 0.887. The van der Waals surface area contributed by atoms with E-state index in [1.807, 2.05) is 0 Å². The molecule has 1 amide bonds. The van der Waals surface area contributed by atoms with Crippen molar-refractivity contribution in [1.29, 1.82) is 0 Å². The quantitative estimate of drug-likeness (QED) is 0.708. The van der Waals surface area contributed by atoms with E-state index < -0.39 is 12.2 Å². The second-order valence-electron chi connectivity index (χ2n) is 8.13. The van der Waals surface area contributed by atoms with E-state index in [1.165, 1.54) is 0 Å². The minimum absolute atomic E-state index is 0.0459. The molecule has 0 aromatic rings. The first-order valence-electron chi connectivity index (χ1n) is 8.01. The van der Waals surface area contributed by atoms with Crippen LogP contribution in [-0.4, -0.2) is 57.4 Å². The first kappa shape index (κ1) is 16.7. The topological polar surface area (TPSA) is 72.8 Å². The number of piperidine rings is 2. The highest BCUT2D eigenvalue weighted by molar-refractivity contribution is 5.76. The standard InChI is InChI=1S/C16H30N2O3/c1-15(2)8-11(9-16(3,4)17-15)7-14(21)18-6-5-12(19)13(20)10-18/h11-13,17,19-20H,5-10H2,1-4H3/t12-,13+/m0/s1. The van der Waals surface area contributed by atoms with Crippen LogP contribution in [0.1, 0.15) is 53.4 Å². The minimum atomic E-state index is -0.802. The molecule has 0 bridgehead atoms. The van der Waals surface area contributed by atoms with Gasteiger partial charge in [-0.15, -0.1) is 0 Å². The number of amides is 1. The highest BCUT2D eigenvalue weighted by Crippen LogP contribution is 2.35. The monoisotopic (exact) mass is 298 g/mol. The molecule has 122 valence electrons. The number of nitrogens with one attached hydrogen (secondary N) is 1. The lowest BCUT2D eigenvalue weighted by Crippen LogP contribution is -2.58. The number of carbonyl (C=O) groups excluding carboxylic acids is 1. The molecule has 2 aliphatic heterocycles. The van der Waals surface area contributed by atoms with Crippen LogP contribution in [0.5, 0.6) is 0 Å². The number of likely N-dealkylation sites (tertiary alicyclic amines) is 1. The number of aliphatic hydroxyl groups excluding tert-OH is 2. The molecule has 0 spiro atoms. The van der Waals surface area contributed by atoms with Gasteiger partial charge in [0.2, 0.25) is 5.91 Å². The molecule has 2 saturated heterocycles. The SMILES string of the molecule is CC1(C)CC(CC(=O)N2CC[C@H](O)[C@H](O)C2)CC(C)(C)N1. The first-order chi connectivity index (χ1) is 9.58. The van der Waals surface area contributed by atoms with Crippen molar-refractivity contribution in [2.24, 2.45) is 5.92 Å². The molecule has 0 aromatic carbocycles. The fourth-order valence-electron chi connectivity index (χ4n) is 4.20. The molecule has 0 aliphatic carbocycles. The molecule has 3 N–H and O–H groups in total. The van der Waals surface area contributed by atoms with E-state index in [4.69, 9.17) is 0 Å². The van der Waals surface area contributed by atoms with Crippen molar-refractivity contribution < 1.29 is 15.0 Å². The van der Waals surface area contributed by atoms with Crippen LogP contribution >= 0.6 is 0 Å². The Labute approximate surface area is 127 Å². The summed E-state index contributed by atoms with van der Waals surface area (Å²) < 4.78 is 0. The summed E-state index contributed by atoms with van der Waals surface area (Å²) in [5.41, 5.74) is 0.0919. The van der Waals surface area contributed by atoms with Gasteiger partial charge in [-0.1, -0.05) is 0 Å². The summed E-state index contributed by atoms with van der Waals surface area (Å²) >= 11 is 0. The summed E-state index contributed by atoms with van der Waals surface area (Å²) in [4.78, 5) is 14.2. The zero-order chi connectivity index (χ0) is 15.8. The smallest absolute Gasteiger partial charge is 0.222 e. The van der Waals surface area contributed by atoms with Gasteiger partial charge in [0.15, 0.2) is 0 Å². The number of rotatable bonds is 2. The molecule has 0 unspecified atom stereocenters. The van der Waals surface area contributed by atoms with E-state index in [-0.39, 0.29) is 23.5 Å². The Hall–Kier alpha value is -0.650. The maximum Gasteiger partial charge on any atom is 0.222 e. The van der Waals surface area contributed by atoms with Crippen LogP contribution in [0.4, 0.5) is 0 Å². The van der Waals surface area contributed by atoms with Crippen LogP contribution in [0.15, 0.2) is 0 Å². The normalized spacial score (nSPS) is 33.0. The van der Waals surface area contributed by atoms with E-state index in [9.17, 15) is 15.0 Å². The largest absolute Gasteiger partial charge is 0.390 e. The van der Waals surface area contributed by atoms with E-state index in [0.29, 0.717) is 25.3 Å². The molecule has 2 rings (SSSR count). The third-order valence-electron chi connectivity index (χ3n) is 4.64. The number of hydrogen-bond donors (Lipinski definition) is 3. The zero-order valence-corrected chi connectivity index (χ0v) is 13.7. The lowest BCUT2D eigenvalue weighted by molar-refractivity contribution is -0.139. The molecular weight excluding hydrogens is 268 g/mol. The Balaban J connectivity index is 1.93. The number of nitrogens with zero attached hydrogens (tertiary/aromatic N) is 1. The minimum Gasteiger partial charge on any atom is -0.390 e. The van der Waals surface area contributed by atoms with Crippen LogP contribution in [0.3, 0.4) is 0 Å². The molecule has 2 aliphatic rings. The Morgan fingerprint density at radius 1 is 1.14 bits per heavy atom. The second-order valence-corrected chi connectivity index (χ2v) is 8.13. The molecule has 2 heterocycles. The van der Waals surface area contributed by atoms with Gasteiger partial charge in [-0.3, -0.25) is 4.79 Å². The lowest BCUT2D eigenvalue weighted by atomic mass is 9.74. The van der Waals surface area contributed by atoms with Gasteiger partial charge in [0.1, 0.15) is 0 Å². The Bertz CT molecular complexity index is 379. The van der Waals surface area contributed by atoms with E-state index in [2.05, 4.69) is 33.0 Å². The summed E-state index contributed by atoms with van der Waals surface area (Å²) in [5.74, 6) is 0.479. The van der Waals surface area contributed by atoms with Crippen molar-refractivity contribution in [2.75, 3.05) is 13.1 Å². The Morgan fingerprint density at radius 3 is 2.24 bits per heavy atom. The van der Waals surface area contributed by atoms with Crippen molar-refractivity contribution in [1.82, 2.24) is 10.2 Å². The molecule has 5 heteroatoms. The van der Waals surface area contributed by atoms with Crippen LogP contribution in [0.2, 0.25) is 0 Å². The van der Waals surface area contributed by atoms with Gasteiger partial charge in [-0.2, -0.15) is 0 Å². The van der Waals surface area contributed by atoms with Gasteiger partial charge in [-0.25, -0.2) is 0 Å². The third-order valence-corrected chi connectivity index (χ3v) is 4.64. The average Bonchev–Trinajstić information content (AvgIpc) is 2.28. The van der Waals surface area contributed by atoms with Gasteiger partial charge in [0.05, 0.1) is 12.2 Å². The van der Waals surface area contributed by atoms with Crippen molar-refractivity contribution in [3.8, 4) is 0 Å². The van der Waals surface area contributed by atoms with Crippen molar-refractivity contribution >= 4 is 5.91 Å². The summed E-state index contributed by atoms with van der Waals surface area (Å²) in [6.07, 6.45) is 1.49. The molecule has 2 atom stereocenters. The molecule has 2 fully saturated rings. The van der Waals surface area contributed by atoms with Gasteiger partial charge in [0, 0.05) is 30.6 Å². The molecule has 0 saturated carbocycles. The summed E-state index contributed by atoms with van der Waals surface area (Å²) in [6, 6.07) is 0. The van der Waals surface area contributed by atoms with Crippen LogP contribution < -0.4 is 5.32 Å². The molecule has 0 aromatic heterocycles. The van der Waals surface area contributed by atoms with Gasteiger partial charge < -0.3 is 20.4 Å². The van der Waals surface area contributed by atoms with Crippen molar-refractivity contribution in [3.63, 3.8) is 0 Å².